The zero-order valence-corrected chi connectivity index (χ0v) is 12.4. The van der Waals surface area contributed by atoms with Crippen molar-refractivity contribution >= 4 is 11.8 Å². The van der Waals surface area contributed by atoms with Gasteiger partial charge in [-0.1, -0.05) is 60.7 Å². The number of carbonyl (C=O) groups is 1. The van der Waals surface area contributed by atoms with E-state index in [0.717, 1.165) is 22.5 Å². The van der Waals surface area contributed by atoms with E-state index in [-0.39, 0.29) is 12.1 Å². The van der Waals surface area contributed by atoms with Gasteiger partial charge in [0.2, 0.25) is 0 Å². The number of anilines is 1. The lowest BCUT2D eigenvalue weighted by Gasteiger charge is -2.25. The van der Waals surface area contributed by atoms with Crippen LogP contribution in [0.15, 0.2) is 66.9 Å². The number of hydrogen-bond acceptors (Lipinski definition) is 2. The number of amides is 2. The van der Waals surface area contributed by atoms with Crippen LogP contribution in [0.5, 0.6) is 0 Å². The van der Waals surface area contributed by atoms with Gasteiger partial charge in [0.15, 0.2) is 0 Å². The highest BCUT2D eigenvalue weighted by Gasteiger charge is 2.28. The molecule has 3 aromatic rings. The number of hydrogen-bond donors (Lipinski definition) is 2. The highest BCUT2D eigenvalue weighted by Crippen LogP contribution is 2.31. The fourth-order valence-electron chi connectivity index (χ4n) is 2.88. The summed E-state index contributed by atoms with van der Waals surface area (Å²) in [6.45, 7) is 0.623. The molecule has 1 aliphatic heterocycles. The molecule has 0 fully saturated rings. The number of nitrogens with zero attached hydrogens (tertiary/aromatic N) is 2. The fraction of sp³-hybridized carbons (Fsp3) is 0.111. The summed E-state index contributed by atoms with van der Waals surface area (Å²) in [7, 11) is 0. The summed E-state index contributed by atoms with van der Waals surface area (Å²) < 4.78 is 1.83. The van der Waals surface area contributed by atoms with Crippen molar-refractivity contribution < 1.29 is 4.79 Å². The molecule has 2 aromatic carbocycles. The molecule has 1 aliphatic rings. The fourth-order valence-corrected chi connectivity index (χ4v) is 2.88. The molecule has 0 unspecified atom stereocenters. The van der Waals surface area contributed by atoms with Crippen LogP contribution in [0.1, 0.15) is 22.7 Å². The van der Waals surface area contributed by atoms with E-state index >= 15 is 0 Å². The lowest BCUT2D eigenvalue weighted by atomic mass is 10.00. The van der Waals surface area contributed by atoms with Crippen LogP contribution < -0.4 is 10.6 Å². The quantitative estimate of drug-likeness (QED) is 0.781. The third-order valence-electron chi connectivity index (χ3n) is 3.99. The van der Waals surface area contributed by atoms with Crippen LogP contribution in [0.3, 0.4) is 0 Å². The molecule has 114 valence electrons. The Balaban J connectivity index is 1.71. The van der Waals surface area contributed by atoms with Crippen LogP contribution in [0.2, 0.25) is 0 Å². The molecule has 0 radical (unpaired) electrons. The molecular weight excluding hydrogens is 288 g/mol. The van der Waals surface area contributed by atoms with Crippen LogP contribution in [0.25, 0.3) is 0 Å². The lowest BCUT2D eigenvalue weighted by Crippen LogP contribution is -2.38. The first-order chi connectivity index (χ1) is 11.3. The molecule has 1 aromatic heterocycles. The van der Waals surface area contributed by atoms with Gasteiger partial charge in [-0.3, -0.25) is 5.32 Å². The first kappa shape index (κ1) is 13.6. The Kier molecular flexibility index (Phi) is 3.31. The highest BCUT2D eigenvalue weighted by atomic mass is 16.2. The van der Waals surface area contributed by atoms with Gasteiger partial charge in [0.25, 0.3) is 0 Å². The number of nitrogens with one attached hydrogen (secondary N) is 2. The molecule has 5 heteroatoms. The Morgan fingerprint density at radius 3 is 2.43 bits per heavy atom. The zero-order chi connectivity index (χ0) is 15.6. The Bertz CT molecular complexity index is 827. The molecule has 0 spiro atoms. The Labute approximate surface area is 134 Å². The predicted octanol–water partition coefficient (Wildman–Crippen LogP) is 3.16. The second kappa shape index (κ2) is 5.61. The zero-order valence-electron chi connectivity index (χ0n) is 12.4. The van der Waals surface area contributed by atoms with Crippen molar-refractivity contribution in [1.29, 1.82) is 0 Å². The largest absolute Gasteiger partial charge is 0.327 e. The number of carbonyl (C=O) groups excluding carboxylic acids is 1. The van der Waals surface area contributed by atoms with Gasteiger partial charge in [-0.15, -0.1) is 0 Å². The van der Waals surface area contributed by atoms with Crippen LogP contribution in [-0.2, 0) is 6.54 Å². The first-order valence-electron chi connectivity index (χ1n) is 7.53. The Morgan fingerprint density at radius 1 is 1.00 bits per heavy atom. The van der Waals surface area contributed by atoms with Gasteiger partial charge in [-0.25, -0.2) is 9.48 Å². The molecule has 4 rings (SSSR count). The van der Waals surface area contributed by atoms with Gasteiger partial charge in [-0.2, -0.15) is 5.10 Å². The molecule has 0 bridgehead atoms. The third kappa shape index (κ3) is 2.57. The molecular formula is C18H16N4O. The van der Waals surface area contributed by atoms with Gasteiger partial charge in [0.1, 0.15) is 5.82 Å². The van der Waals surface area contributed by atoms with Gasteiger partial charge in [0.05, 0.1) is 18.8 Å². The molecule has 5 nitrogen and oxygen atoms in total. The van der Waals surface area contributed by atoms with Gasteiger partial charge >= 0.3 is 6.03 Å². The van der Waals surface area contributed by atoms with Crippen molar-refractivity contribution in [2.75, 3.05) is 5.32 Å². The number of urea groups is 1. The number of aromatic nitrogens is 2. The Morgan fingerprint density at radius 2 is 1.70 bits per heavy atom. The standard InChI is InChI=1S/C18H16N4O/c23-18-20-16(14-9-5-2-6-10-14)15-11-19-22(17(15)21-18)12-13-7-3-1-4-8-13/h1-11,16H,12H2,(H2,20,21,23)/t16-/m1/s1. The average Bonchev–Trinajstić information content (AvgIpc) is 2.99. The Hall–Kier alpha value is -3.08. The minimum atomic E-state index is -0.207. The van der Waals surface area contributed by atoms with Crippen molar-refractivity contribution in [3.8, 4) is 0 Å². The summed E-state index contributed by atoms with van der Waals surface area (Å²) in [5.74, 6) is 0.756. The van der Waals surface area contributed by atoms with Gasteiger partial charge in [0, 0.05) is 5.56 Å². The lowest BCUT2D eigenvalue weighted by molar-refractivity contribution is 0.248. The van der Waals surface area contributed by atoms with Gasteiger partial charge < -0.3 is 5.32 Å². The number of rotatable bonds is 3. The monoisotopic (exact) mass is 304 g/mol. The maximum atomic E-state index is 12.0. The van der Waals surface area contributed by atoms with Crippen LogP contribution in [0.4, 0.5) is 10.6 Å². The van der Waals surface area contributed by atoms with Crippen LogP contribution in [-0.4, -0.2) is 15.8 Å². The van der Waals surface area contributed by atoms with E-state index in [1.54, 1.807) is 0 Å². The third-order valence-corrected chi connectivity index (χ3v) is 3.99. The van der Waals surface area contributed by atoms with E-state index in [1.807, 2.05) is 71.5 Å². The van der Waals surface area contributed by atoms with E-state index in [1.165, 1.54) is 0 Å². The van der Waals surface area contributed by atoms with Crippen molar-refractivity contribution in [3.05, 3.63) is 83.6 Å². The molecule has 23 heavy (non-hydrogen) atoms. The molecule has 0 saturated heterocycles. The molecule has 0 saturated carbocycles. The maximum absolute atomic E-state index is 12.0. The van der Waals surface area contributed by atoms with Crippen molar-refractivity contribution in [3.63, 3.8) is 0 Å². The molecule has 2 N–H and O–H groups in total. The molecule has 2 amide bonds. The summed E-state index contributed by atoms with van der Waals surface area (Å²) in [6.07, 6.45) is 1.82. The smallest absolute Gasteiger partial charge is 0.321 e. The summed E-state index contributed by atoms with van der Waals surface area (Å²) in [5.41, 5.74) is 3.16. The van der Waals surface area contributed by atoms with E-state index in [0.29, 0.717) is 6.54 Å². The second-order valence-electron chi connectivity index (χ2n) is 5.53. The summed E-state index contributed by atoms with van der Waals surface area (Å²) in [4.78, 5) is 12.0. The highest BCUT2D eigenvalue weighted by molar-refractivity contribution is 5.92. The van der Waals surface area contributed by atoms with E-state index < -0.39 is 0 Å². The number of fused-ring (bicyclic) bond motifs is 1. The molecule has 1 atom stereocenters. The van der Waals surface area contributed by atoms with Crippen LogP contribution >= 0.6 is 0 Å². The van der Waals surface area contributed by atoms with Crippen LogP contribution in [0, 0.1) is 0 Å². The average molecular weight is 304 g/mol. The predicted molar refractivity (Wildman–Crippen MR) is 88.2 cm³/mol. The SMILES string of the molecule is O=C1Nc2c(cnn2Cc2ccccc2)[C@@H](c2ccccc2)N1. The summed E-state index contributed by atoms with van der Waals surface area (Å²) in [6, 6.07) is 19.6. The maximum Gasteiger partial charge on any atom is 0.321 e. The summed E-state index contributed by atoms with van der Waals surface area (Å²) in [5, 5.41) is 10.3. The number of benzene rings is 2. The molecule has 0 aliphatic carbocycles. The van der Waals surface area contributed by atoms with Crippen molar-refractivity contribution in [2.45, 2.75) is 12.6 Å². The van der Waals surface area contributed by atoms with E-state index in [4.69, 9.17) is 0 Å². The van der Waals surface area contributed by atoms with Crippen molar-refractivity contribution in [1.82, 2.24) is 15.1 Å². The van der Waals surface area contributed by atoms with E-state index in [9.17, 15) is 4.79 Å². The van der Waals surface area contributed by atoms with Gasteiger partial charge in [-0.05, 0) is 11.1 Å². The minimum Gasteiger partial charge on any atom is -0.327 e. The summed E-state index contributed by atoms with van der Waals surface area (Å²) >= 11 is 0. The second-order valence-corrected chi connectivity index (χ2v) is 5.53. The minimum absolute atomic E-state index is 0.176. The van der Waals surface area contributed by atoms with Crippen molar-refractivity contribution in [2.24, 2.45) is 0 Å². The first-order valence-corrected chi connectivity index (χ1v) is 7.53. The topological polar surface area (TPSA) is 59.0 Å². The van der Waals surface area contributed by atoms with E-state index in [2.05, 4.69) is 15.7 Å². The molecule has 2 heterocycles. The normalized spacial score (nSPS) is 16.3.